The van der Waals surface area contributed by atoms with E-state index in [9.17, 15) is 4.79 Å². The number of amides is 2. The van der Waals surface area contributed by atoms with Gasteiger partial charge in [-0.2, -0.15) is 5.10 Å². The molecule has 3 aromatic carbocycles. The summed E-state index contributed by atoms with van der Waals surface area (Å²) in [5.74, 6) is 1.63. The van der Waals surface area contributed by atoms with Crippen molar-refractivity contribution in [2.45, 2.75) is 19.5 Å². The van der Waals surface area contributed by atoms with Crippen LogP contribution in [0.2, 0.25) is 0 Å². The molecule has 7 nitrogen and oxygen atoms in total. The molecule has 184 valence electrons. The van der Waals surface area contributed by atoms with E-state index in [1.54, 1.807) is 7.11 Å². The number of para-hydroxylation sites is 1. The van der Waals surface area contributed by atoms with Gasteiger partial charge in [-0.25, -0.2) is 9.48 Å². The summed E-state index contributed by atoms with van der Waals surface area (Å²) in [7, 11) is 1.62. The molecule has 2 aromatic heterocycles. The van der Waals surface area contributed by atoms with Crippen LogP contribution >= 0.6 is 0 Å². The number of rotatable bonds is 4. The fraction of sp³-hybridized carbons (Fsp3) is 0.133. The third-order valence-corrected chi connectivity index (χ3v) is 6.78. The number of nitrogens with zero attached hydrogens (tertiary/aromatic N) is 4. The number of aromatic nitrogens is 3. The third kappa shape index (κ3) is 4.04. The Hall–Kier alpha value is -4.78. The second kappa shape index (κ2) is 9.35. The van der Waals surface area contributed by atoms with Crippen LogP contribution in [0.5, 0.6) is 5.75 Å². The van der Waals surface area contributed by atoms with Crippen molar-refractivity contribution in [3.05, 3.63) is 126 Å². The molecule has 0 fully saturated rings. The SMILES string of the molecule is COc1cccc(NC(=O)N2Cc3c(C)nn(-c4ccccc4)c3-n3cccc3[C@@H]2c2ccccc2)c1. The van der Waals surface area contributed by atoms with Gasteiger partial charge in [-0.15, -0.1) is 0 Å². The van der Waals surface area contributed by atoms with Crippen molar-refractivity contribution in [1.82, 2.24) is 19.2 Å². The molecule has 1 N–H and O–H groups in total. The molecule has 7 heteroatoms. The highest BCUT2D eigenvalue weighted by atomic mass is 16.5. The van der Waals surface area contributed by atoms with Gasteiger partial charge in [0.15, 0.2) is 0 Å². The van der Waals surface area contributed by atoms with Crippen molar-refractivity contribution in [3.8, 4) is 17.3 Å². The maximum absolute atomic E-state index is 14.0. The summed E-state index contributed by atoms with van der Waals surface area (Å²) in [6.07, 6.45) is 2.05. The predicted octanol–water partition coefficient (Wildman–Crippen LogP) is 6.12. The molecule has 37 heavy (non-hydrogen) atoms. The molecule has 0 aliphatic carbocycles. The molecular formula is C30H27N5O2. The van der Waals surface area contributed by atoms with Gasteiger partial charge < -0.3 is 19.5 Å². The Morgan fingerprint density at radius 2 is 1.70 bits per heavy atom. The van der Waals surface area contributed by atoms with E-state index in [1.807, 2.05) is 102 Å². The molecule has 0 radical (unpaired) electrons. The second-order valence-electron chi connectivity index (χ2n) is 9.04. The number of carbonyl (C=O) groups excluding carboxylic acids is 1. The number of carbonyl (C=O) groups is 1. The Morgan fingerprint density at radius 1 is 0.946 bits per heavy atom. The van der Waals surface area contributed by atoms with Gasteiger partial charge in [0.2, 0.25) is 0 Å². The number of aryl methyl sites for hydroxylation is 1. The van der Waals surface area contributed by atoms with Crippen LogP contribution in [0, 0.1) is 6.92 Å². The number of urea groups is 1. The molecule has 2 amide bonds. The molecular weight excluding hydrogens is 462 g/mol. The molecule has 6 rings (SSSR count). The Morgan fingerprint density at radius 3 is 2.46 bits per heavy atom. The second-order valence-corrected chi connectivity index (χ2v) is 9.04. The first-order chi connectivity index (χ1) is 18.1. The molecule has 5 aromatic rings. The Labute approximate surface area is 215 Å². The Balaban J connectivity index is 1.51. The number of benzene rings is 3. The third-order valence-electron chi connectivity index (χ3n) is 6.78. The zero-order valence-corrected chi connectivity index (χ0v) is 20.7. The summed E-state index contributed by atoms with van der Waals surface area (Å²) < 4.78 is 9.49. The largest absolute Gasteiger partial charge is 0.497 e. The van der Waals surface area contributed by atoms with E-state index in [-0.39, 0.29) is 12.1 Å². The van der Waals surface area contributed by atoms with Gasteiger partial charge in [0.25, 0.3) is 0 Å². The molecule has 0 bridgehead atoms. The highest BCUT2D eigenvalue weighted by molar-refractivity contribution is 5.90. The van der Waals surface area contributed by atoms with Crippen molar-refractivity contribution < 1.29 is 9.53 Å². The van der Waals surface area contributed by atoms with E-state index in [4.69, 9.17) is 9.84 Å². The fourth-order valence-electron chi connectivity index (χ4n) is 5.03. The van der Waals surface area contributed by atoms with Crippen LogP contribution in [0.25, 0.3) is 11.5 Å². The van der Waals surface area contributed by atoms with E-state index >= 15 is 0 Å². The van der Waals surface area contributed by atoms with E-state index < -0.39 is 0 Å². The lowest BCUT2D eigenvalue weighted by atomic mass is 10.0. The summed E-state index contributed by atoms with van der Waals surface area (Å²) in [6.45, 7) is 2.40. The summed E-state index contributed by atoms with van der Waals surface area (Å²) in [5, 5.41) is 8.00. The minimum atomic E-state index is -0.308. The number of nitrogens with one attached hydrogen (secondary N) is 1. The normalized spacial score (nSPS) is 14.4. The highest BCUT2D eigenvalue weighted by Crippen LogP contribution is 2.38. The van der Waals surface area contributed by atoms with Crippen molar-refractivity contribution in [2.75, 3.05) is 12.4 Å². The van der Waals surface area contributed by atoms with Gasteiger partial charge in [0, 0.05) is 23.5 Å². The van der Waals surface area contributed by atoms with Crippen LogP contribution in [-0.2, 0) is 6.54 Å². The number of hydrogen-bond donors (Lipinski definition) is 1. The van der Waals surface area contributed by atoms with Crippen molar-refractivity contribution >= 4 is 11.7 Å². The van der Waals surface area contributed by atoms with Crippen LogP contribution in [0.15, 0.2) is 103 Å². The topological polar surface area (TPSA) is 64.3 Å². The molecule has 1 aliphatic heterocycles. The molecule has 0 spiro atoms. The quantitative estimate of drug-likeness (QED) is 0.331. The monoisotopic (exact) mass is 489 g/mol. The van der Waals surface area contributed by atoms with Gasteiger partial charge in [-0.3, -0.25) is 0 Å². The molecule has 1 aliphatic rings. The number of hydrogen-bond acceptors (Lipinski definition) is 3. The average Bonchev–Trinajstić information content (AvgIpc) is 3.50. The van der Waals surface area contributed by atoms with Crippen LogP contribution in [0.4, 0.5) is 10.5 Å². The van der Waals surface area contributed by atoms with Gasteiger partial charge in [0.05, 0.1) is 36.8 Å². The maximum Gasteiger partial charge on any atom is 0.322 e. The fourth-order valence-corrected chi connectivity index (χ4v) is 5.03. The Bertz CT molecular complexity index is 1560. The lowest BCUT2D eigenvalue weighted by molar-refractivity contribution is 0.194. The number of fused-ring (bicyclic) bond motifs is 3. The maximum atomic E-state index is 14.0. The lowest BCUT2D eigenvalue weighted by Crippen LogP contribution is -2.38. The van der Waals surface area contributed by atoms with Crippen molar-refractivity contribution in [1.29, 1.82) is 0 Å². The lowest BCUT2D eigenvalue weighted by Gasteiger charge is -2.31. The number of ether oxygens (including phenoxy) is 1. The molecule has 0 saturated heterocycles. The first-order valence-corrected chi connectivity index (χ1v) is 12.2. The molecule has 3 heterocycles. The van der Waals surface area contributed by atoms with Crippen LogP contribution in [0.3, 0.4) is 0 Å². The van der Waals surface area contributed by atoms with Gasteiger partial charge in [0.1, 0.15) is 11.6 Å². The van der Waals surface area contributed by atoms with E-state index in [1.165, 1.54) is 0 Å². The highest BCUT2D eigenvalue weighted by Gasteiger charge is 2.36. The Kier molecular flexibility index (Phi) is 5.73. The zero-order chi connectivity index (χ0) is 25.4. The van der Waals surface area contributed by atoms with Crippen LogP contribution in [-0.4, -0.2) is 32.4 Å². The molecule has 1 atom stereocenters. The van der Waals surface area contributed by atoms with Crippen molar-refractivity contribution in [2.24, 2.45) is 0 Å². The standard InChI is InChI=1S/C30H27N5O2/c1-21-26-20-34(30(36)31-23-13-9-16-25(19-23)37-2)28(22-11-5-3-6-12-22)27-17-10-18-33(27)29(26)35(32-21)24-14-7-4-8-15-24/h3-19,28H,20H2,1-2H3,(H,31,36)/t28-/m0/s1. The van der Waals surface area contributed by atoms with Gasteiger partial charge in [-0.05, 0) is 48.9 Å². The van der Waals surface area contributed by atoms with Gasteiger partial charge >= 0.3 is 6.03 Å². The smallest absolute Gasteiger partial charge is 0.322 e. The predicted molar refractivity (Wildman–Crippen MR) is 143 cm³/mol. The number of anilines is 1. The van der Waals surface area contributed by atoms with E-state index in [2.05, 4.69) is 28.1 Å². The minimum Gasteiger partial charge on any atom is -0.497 e. The summed E-state index contributed by atoms with van der Waals surface area (Å²) in [5.41, 5.74) is 5.55. The minimum absolute atomic E-state index is 0.199. The molecule has 0 saturated carbocycles. The van der Waals surface area contributed by atoms with E-state index in [0.29, 0.717) is 18.0 Å². The summed E-state index contributed by atoms with van der Waals surface area (Å²) >= 11 is 0. The van der Waals surface area contributed by atoms with Crippen molar-refractivity contribution in [3.63, 3.8) is 0 Å². The number of methoxy groups -OCH3 is 1. The first-order valence-electron chi connectivity index (χ1n) is 12.2. The van der Waals surface area contributed by atoms with Gasteiger partial charge in [-0.1, -0.05) is 54.6 Å². The van der Waals surface area contributed by atoms with Crippen LogP contribution < -0.4 is 10.1 Å². The summed E-state index contributed by atoms with van der Waals surface area (Å²) in [6, 6.07) is 31.2. The summed E-state index contributed by atoms with van der Waals surface area (Å²) in [4.78, 5) is 15.9. The zero-order valence-electron chi connectivity index (χ0n) is 20.7. The van der Waals surface area contributed by atoms with E-state index in [0.717, 1.165) is 34.0 Å². The van der Waals surface area contributed by atoms with Crippen LogP contribution in [0.1, 0.15) is 28.6 Å². The average molecular weight is 490 g/mol. The first kappa shape index (κ1) is 22.7. The molecule has 0 unspecified atom stereocenters.